The lowest BCUT2D eigenvalue weighted by Crippen LogP contribution is -2.41. The number of carbonyl (C=O) groups is 1. The highest BCUT2D eigenvalue weighted by molar-refractivity contribution is 7.92. The van der Waals surface area contributed by atoms with Crippen LogP contribution in [0.4, 0.5) is 10.1 Å². The van der Waals surface area contributed by atoms with Crippen LogP contribution in [0.2, 0.25) is 0 Å². The Balaban J connectivity index is 2.03. The van der Waals surface area contributed by atoms with Crippen molar-refractivity contribution in [2.75, 3.05) is 23.7 Å². The lowest BCUT2D eigenvalue weighted by molar-refractivity contribution is -0.119. The molecule has 2 aromatic rings. The van der Waals surface area contributed by atoms with Gasteiger partial charge in [0, 0.05) is 6.54 Å². The van der Waals surface area contributed by atoms with Crippen LogP contribution in [-0.4, -0.2) is 33.7 Å². The average molecular weight is 375 g/mol. The highest BCUT2D eigenvalue weighted by atomic mass is 32.2. The predicted octanol–water partition coefficient (Wildman–Crippen LogP) is 1.82. The molecule has 0 bridgehead atoms. The summed E-state index contributed by atoms with van der Waals surface area (Å²) in [5.41, 5.74) is 1.17. The number of sulfonamides is 1. The second-order valence-electron chi connectivity index (χ2n) is 5.63. The molecule has 0 saturated heterocycles. The molecule has 6 nitrogen and oxygen atoms in total. The van der Waals surface area contributed by atoms with Crippen molar-refractivity contribution in [1.82, 2.24) is 5.32 Å². The van der Waals surface area contributed by atoms with Crippen LogP contribution in [0.15, 0.2) is 48.5 Å². The molecule has 0 radical (unpaired) electrons. The maximum atomic E-state index is 12.9. The van der Waals surface area contributed by atoms with Crippen molar-refractivity contribution >= 4 is 21.6 Å². The maximum Gasteiger partial charge on any atom is 0.240 e. The largest absolute Gasteiger partial charge is 0.354 e. The smallest absolute Gasteiger partial charge is 0.240 e. The molecule has 0 unspecified atom stereocenters. The molecule has 136 valence electrons. The number of para-hydroxylation sites is 1. The number of nitrogens with one attached hydrogen (secondary N) is 1. The Morgan fingerprint density at radius 3 is 2.46 bits per heavy atom. The molecule has 0 spiro atoms. The summed E-state index contributed by atoms with van der Waals surface area (Å²) < 4.78 is 37.9. The van der Waals surface area contributed by atoms with Crippen molar-refractivity contribution in [2.24, 2.45) is 0 Å². The van der Waals surface area contributed by atoms with Crippen molar-refractivity contribution in [2.45, 2.75) is 6.42 Å². The summed E-state index contributed by atoms with van der Waals surface area (Å²) in [5, 5.41) is 11.8. The average Bonchev–Trinajstić information content (AvgIpc) is 2.60. The van der Waals surface area contributed by atoms with E-state index in [0.29, 0.717) is 6.42 Å². The van der Waals surface area contributed by atoms with E-state index < -0.39 is 22.5 Å². The molecule has 2 aromatic carbocycles. The van der Waals surface area contributed by atoms with Crippen LogP contribution in [0.1, 0.15) is 11.1 Å². The van der Waals surface area contributed by atoms with Crippen LogP contribution in [-0.2, 0) is 21.2 Å². The van der Waals surface area contributed by atoms with E-state index >= 15 is 0 Å². The Kier molecular flexibility index (Phi) is 6.31. The Hall–Kier alpha value is -2.92. The quantitative estimate of drug-likeness (QED) is 0.799. The third kappa shape index (κ3) is 5.29. The molecule has 1 N–H and O–H groups in total. The molecular weight excluding hydrogens is 357 g/mol. The third-order valence-electron chi connectivity index (χ3n) is 3.63. The normalized spacial score (nSPS) is 10.8. The summed E-state index contributed by atoms with van der Waals surface area (Å²) in [5.74, 6) is -0.831. The summed E-state index contributed by atoms with van der Waals surface area (Å²) in [6, 6.07) is 14.0. The molecule has 0 aromatic heterocycles. The van der Waals surface area contributed by atoms with Gasteiger partial charge < -0.3 is 5.32 Å². The van der Waals surface area contributed by atoms with Crippen molar-refractivity contribution in [3.8, 4) is 6.07 Å². The summed E-state index contributed by atoms with van der Waals surface area (Å²) in [4.78, 5) is 12.2. The van der Waals surface area contributed by atoms with Gasteiger partial charge in [-0.15, -0.1) is 0 Å². The fourth-order valence-corrected chi connectivity index (χ4v) is 3.22. The monoisotopic (exact) mass is 375 g/mol. The fourth-order valence-electron chi connectivity index (χ4n) is 2.35. The van der Waals surface area contributed by atoms with Gasteiger partial charge in [-0.25, -0.2) is 12.8 Å². The third-order valence-corrected chi connectivity index (χ3v) is 4.76. The number of nitrogens with zero attached hydrogens (tertiary/aromatic N) is 2. The Labute approximate surface area is 151 Å². The Morgan fingerprint density at radius 1 is 1.19 bits per heavy atom. The van der Waals surface area contributed by atoms with Gasteiger partial charge in [-0.05, 0) is 36.2 Å². The summed E-state index contributed by atoms with van der Waals surface area (Å²) >= 11 is 0. The minimum absolute atomic E-state index is 0.159. The maximum absolute atomic E-state index is 12.9. The number of rotatable bonds is 7. The standard InChI is InChI=1S/C18H18FN3O3S/c1-26(24,25)22(17-5-3-2-4-15(17)12-20)13-18(23)21-11-10-14-6-8-16(19)9-7-14/h2-9H,10-11,13H2,1H3,(H,21,23). The molecule has 0 saturated carbocycles. The van der Waals surface area contributed by atoms with E-state index in [0.717, 1.165) is 16.1 Å². The van der Waals surface area contributed by atoms with Gasteiger partial charge in [0.2, 0.25) is 15.9 Å². The van der Waals surface area contributed by atoms with E-state index in [1.54, 1.807) is 24.3 Å². The second-order valence-corrected chi connectivity index (χ2v) is 7.53. The van der Waals surface area contributed by atoms with Gasteiger partial charge in [0.05, 0.1) is 17.5 Å². The van der Waals surface area contributed by atoms with Crippen LogP contribution in [0, 0.1) is 17.1 Å². The molecule has 0 aliphatic heterocycles. The molecule has 2 rings (SSSR count). The number of hydrogen-bond acceptors (Lipinski definition) is 4. The highest BCUT2D eigenvalue weighted by Gasteiger charge is 2.23. The molecule has 0 atom stereocenters. The molecule has 26 heavy (non-hydrogen) atoms. The minimum atomic E-state index is -3.75. The SMILES string of the molecule is CS(=O)(=O)N(CC(=O)NCCc1ccc(F)cc1)c1ccccc1C#N. The van der Waals surface area contributed by atoms with Crippen molar-refractivity contribution in [3.63, 3.8) is 0 Å². The predicted molar refractivity (Wildman–Crippen MR) is 96.5 cm³/mol. The number of nitriles is 1. The van der Waals surface area contributed by atoms with E-state index in [9.17, 15) is 17.6 Å². The molecule has 8 heteroatoms. The van der Waals surface area contributed by atoms with Gasteiger partial charge in [0.1, 0.15) is 18.4 Å². The zero-order valence-electron chi connectivity index (χ0n) is 14.1. The van der Waals surface area contributed by atoms with Crippen LogP contribution in [0.25, 0.3) is 0 Å². The van der Waals surface area contributed by atoms with Crippen LogP contribution < -0.4 is 9.62 Å². The van der Waals surface area contributed by atoms with Gasteiger partial charge in [0.25, 0.3) is 0 Å². The summed E-state index contributed by atoms with van der Waals surface area (Å²) in [7, 11) is -3.75. The first-order valence-corrected chi connectivity index (χ1v) is 9.64. The van der Waals surface area contributed by atoms with Crippen molar-refractivity contribution < 1.29 is 17.6 Å². The molecule has 0 aliphatic carbocycles. The molecule has 1 amide bonds. The lowest BCUT2D eigenvalue weighted by atomic mass is 10.1. The van der Waals surface area contributed by atoms with Crippen molar-refractivity contribution in [3.05, 3.63) is 65.5 Å². The van der Waals surface area contributed by atoms with Crippen molar-refractivity contribution in [1.29, 1.82) is 5.26 Å². The summed E-state index contributed by atoms with van der Waals surface area (Å²) in [6.07, 6.45) is 1.46. The van der Waals surface area contributed by atoms with Crippen LogP contribution in [0.5, 0.6) is 0 Å². The second kappa shape index (κ2) is 8.45. The molecule has 0 fully saturated rings. The van der Waals surface area contributed by atoms with E-state index in [1.165, 1.54) is 24.3 Å². The van der Waals surface area contributed by atoms with Crippen LogP contribution in [0.3, 0.4) is 0 Å². The number of halogens is 1. The number of amides is 1. The number of hydrogen-bond donors (Lipinski definition) is 1. The number of benzene rings is 2. The zero-order chi connectivity index (χ0) is 19.2. The molecule has 0 heterocycles. The number of carbonyl (C=O) groups excluding carboxylic acids is 1. The molecular formula is C18H18FN3O3S. The van der Waals surface area contributed by atoms with Gasteiger partial charge in [0.15, 0.2) is 0 Å². The van der Waals surface area contributed by atoms with E-state index in [-0.39, 0.29) is 23.6 Å². The van der Waals surface area contributed by atoms with Gasteiger partial charge in [-0.2, -0.15) is 5.26 Å². The Morgan fingerprint density at radius 2 is 1.85 bits per heavy atom. The van der Waals surface area contributed by atoms with Crippen LogP contribution >= 0.6 is 0 Å². The van der Waals surface area contributed by atoms with Gasteiger partial charge in [-0.3, -0.25) is 9.10 Å². The lowest BCUT2D eigenvalue weighted by Gasteiger charge is -2.22. The highest BCUT2D eigenvalue weighted by Crippen LogP contribution is 2.21. The van der Waals surface area contributed by atoms with E-state index in [2.05, 4.69) is 5.32 Å². The molecule has 0 aliphatic rings. The van der Waals surface area contributed by atoms with E-state index in [4.69, 9.17) is 5.26 Å². The minimum Gasteiger partial charge on any atom is -0.354 e. The first kappa shape index (κ1) is 19.4. The number of anilines is 1. The first-order valence-electron chi connectivity index (χ1n) is 7.79. The zero-order valence-corrected chi connectivity index (χ0v) is 15.0. The fraction of sp³-hybridized carbons (Fsp3) is 0.222. The van der Waals surface area contributed by atoms with Gasteiger partial charge >= 0.3 is 0 Å². The Bertz CT molecular complexity index is 921. The topological polar surface area (TPSA) is 90.3 Å². The van der Waals surface area contributed by atoms with E-state index in [1.807, 2.05) is 6.07 Å². The first-order chi connectivity index (χ1) is 12.3. The summed E-state index contributed by atoms with van der Waals surface area (Å²) in [6.45, 7) is -0.150. The van der Waals surface area contributed by atoms with Gasteiger partial charge in [-0.1, -0.05) is 24.3 Å².